The Morgan fingerprint density at radius 2 is 1.74 bits per heavy atom. The van der Waals surface area contributed by atoms with E-state index in [9.17, 15) is 19.2 Å². The number of aryl methyl sites for hydroxylation is 1. The molecular weight excluding hydrogens is 526 g/mol. The van der Waals surface area contributed by atoms with E-state index in [-0.39, 0.29) is 29.2 Å². The number of fused-ring (bicyclic) bond motifs is 2. The van der Waals surface area contributed by atoms with Gasteiger partial charge in [-0.2, -0.15) is 0 Å². The average Bonchev–Trinajstić information content (AvgIpc) is 3.43. The molecule has 38 heavy (non-hydrogen) atoms. The Morgan fingerprint density at radius 3 is 2.45 bits per heavy atom. The Morgan fingerprint density at radius 1 is 1.03 bits per heavy atom. The summed E-state index contributed by atoms with van der Waals surface area (Å²) in [7, 11) is 0. The van der Waals surface area contributed by atoms with E-state index in [1.807, 2.05) is 31.2 Å². The third-order valence-corrected chi connectivity index (χ3v) is 9.48. The summed E-state index contributed by atoms with van der Waals surface area (Å²) in [5, 5.41) is -0.0109. The number of ether oxygens (including phenoxy) is 2. The van der Waals surface area contributed by atoms with Crippen LogP contribution in [0.15, 0.2) is 58.4 Å². The van der Waals surface area contributed by atoms with E-state index in [0.29, 0.717) is 42.8 Å². The number of hydrogen-bond acceptors (Lipinski definition) is 8. The summed E-state index contributed by atoms with van der Waals surface area (Å²) in [6.07, 6.45) is 0. The van der Waals surface area contributed by atoms with E-state index in [1.54, 1.807) is 29.2 Å². The Hall–Kier alpha value is -3.41. The van der Waals surface area contributed by atoms with Gasteiger partial charge in [0.05, 0.1) is 29.8 Å². The molecule has 2 saturated heterocycles. The average molecular weight is 552 g/mol. The molecule has 6 rings (SSSR count). The van der Waals surface area contributed by atoms with E-state index in [0.717, 1.165) is 27.3 Å². The van der Waals surface area contributed by atoms with Crippen molar-refractivity contribution in [1.29, 1.82) is 0 Å². The molecule has 4 heterocycles. The monoisotopic (exact) mass is 551 g/mol. The molecule has 1 N–H and O–H groups in total. The summed E-state index contributed by atoms with van der Waals surface area (Å²) in [5.41, 5.74) is 2.38. The smallest absolute Gasteiger partial charge is 0.305 e. The Labute approximate surface area is 226 Å². The number of H-pyrrole nitrogens is 1. The fourth-order valence-corrected chi connectivity index (χ4v) is 7.66. The van der Waals surface area contributed by atoms with Crippen LogP contribution in [0, 0.1) is 12.8 Å². The second-order valence-corrected chi connectivity index (χ2v) is 11.6. The zero-order valence-corrected chi connectivity index (χ0v) is 22.2. The lowest BCUT2D eigenvalue weighted by Gasteiger charge is -2.30. The number of benzene rings is 2. The molecule has 3 atom stereocenters. The lowest BCUT2D eigenvalue weighted by Crippen LogP contribution is -2.42. The number of nitrogens with one attached hydrogen (secondary N) is 1. The molecule has 0 aliphatic carbocycles. The van der Waals surface area contributed by atoms with Crippen molar-refractivity contribution in [1.82, 2.24) is 9.88 Å². The highest BCUT2D eigenvalue weighted by molar-refractivity contribution is 8.00. The summed E-state index contributed by atoms with van der Waals surface area (Å²) in [6, 6.07) is 14.5. The van der Waals surface area contributed by atoms with Crippen LogP contribution in [0.3, 0.4) is 0 Å². The number of amides is 3. The van der Waals surface area contributed by atoms with Crippen LogP contribution in [0.5, 0.6) is 5.75 Å². The number of rotatable bonds is 5. The first-order valence-electron chi connectivity index (χ1n) is 12.3. The van der Waals surface area contributed by atoms with E-state index in [1.165, 1.54) is 16.7 Å². The van der Waals surface area contributed by atoms with Gasteiger partial charge in [0.2, 0.25) is 11.8 Å². The number of carbonyl (C=O) groups is 3. The third-order valence-electron chi connectivity index (χ3n) is 7.08. The molecule has 3 aliphatic heterocycles. The number of thioether (sulfide) groups is 1. The number of hydrogen-bond donors (Lipinski definition) is 1. The van der Waals surface area contributed by atoms with Crippen molar-refractivity contribution in [2.75, 3.05) is 37.8 Å². The predicted octanol–water partition coefficient (Wildman–Crippen LogP) is 2.78. The van der Waals surface area contributed by atoms with E-state index in [2.05, 4.69) is 4.98 Å². The molecule has 0 saturated carbocycles. The van der Waals surface area contributed by atoms with Gasteiger partial charge in [-0.05, 0) is 36.8 Å². The Balaban J connectivity index is 1.27. The standard InChI is InChI=1S/C27H25N3O6S2/c1-15-2-6-17(7-3-15)30-25(32)21-20(22-24(28-27(34)38-22)37-23(21)26(30)33)16-4-8-18(9-5-16)36-14-19(31)29-10-12-35-13-11-29/h2-9,20-21,23H,10-14H2,1H3,(H,28,34)/t20-,21-,23+/m0/s1. The molecular formula is C27H25N3O6S2. The number of aromatic amines is 1. The van der Waals surface area contributed by atoms with Crippen molar-refractivity contribution >= 4 is 46.5 Å². The normalized spacial score (nSPS) is 22.8. The molecule has 11 heteroatoms. The maximum atomic E-state index is 13.8. The zero-order chi connectivity index (χ0) is 26.4. The largest absolute Gasteiger partial charge is 0.484 e. The summed E-state index contributed by atoms with van der Waals surface area (Å²) < 4.78 is 11.0. The van der Waals surface area contributed by atoms with E-state index in [4.69, 9.17) is 9.47 Å². The summed E-state index contributed by atoms with van der Waals surface area (Å²) >= 11 is 2.33. The number of morpholine rings is 1. The van der Waals surface area contributed by atoms with Crippen LogP contribution in [0.4, 0.5) is 5.69 Å². The maximum Gasteiger partial charge on any atom is 0.305 e. The summed E-state index contributed by atoms with van der Waals surface area (Å²) in [6.45, 7) is 4.03. The topological polar surface area (TPSA) is 109 Å². The molecule has 0 unspecified atom stereocenters. The van der Waals surface area contributed by atoms with Gasteiger partial charge >= 0.3 is 4.87 Å². The zero-order valence-electron chi connectivity index (χ0n) is 20.5. The predicted molar refractivity (Wildman–Crippen MR) is 143 cm³/mol. The molecule has 2 fully saturated rings. The number of thiazole rings is 1. The molecule has 0 spiro atoms. The van der Waals surface area contributed by atoms with Gasteiger partial charge in [-0.3, -0.25) is 19.2 Å². The van der Waals surface area contributed by atoms with Gasteiger partial charge < -0.3 is 19.4 Å². The molecule has 0 bridgehead atoms. The van der Waals surface area contributed by atoms with Crippen molar-refractivity contribution in [3.63, 3.8) is 0 Å². The lowest BCUT2D eigenvalue weighted by molar-refractivity contribution is -0.137. The molecule has 1 aromatic heterocycles. The molecule has 2 aromatic carbocycles. The van der Waals surface area contributed by atoms with Crippen LogP contribution in [0.2, 0.25) is 0 Å². The molecule has 196 valence electrons. The first-order chi connectivity index (χ1) is 18.4. The van der Waals surface area contributed by atoms with Crippen LogP contribution >= 0.6 is 23.1 Å². The van der Waals surface area contributed by atoms with Crippen molar-refractivity contribution in [2.45, 2.75) is 23.1 Å². The van der Waals surface area contributed by atoms with Gasteiger partial charge in [0, 0.05) is 23.9 Å². The number of imide groups is 1. The fraction of sp³-hybridized carbons (Fsp3) is 0.333. The van der Waals surface area contributed by atoms with Crippen molar-refractivity contribution < 1.29 is 23.9 Å². The first kappa shape index (κ1) is 24.9. The number of nitrogens with zero attached hydrogens (tertiary/aromatic N) is 2. The summed E-state index contributed by atoms with van der Waals surface area (Å²) in [5.74, 6) is -1.24. The SMILES string of the molecule is Cc1ccc(N2C(=O)[C@H]3[C@H](c4ccc(OCC(=O)N5CCOCC5)cc4)c4sc(=O)[nH]c4S[C@H]3C2=O)cc1. The minimum absolute atomic E-state index is 0.0772. The van der Waals surface area contributed by atoms with Gasteiger partial charge in [0.15, 0.2) is 6.61 Å². The fourth-order valence-electron chi connectivity index (χ4n) is 5.14. The van der Waals surface area contributed by atoms with Gasteiger partial charge in [0.25, 0.3) is 5.91 Å². The number of carbonyl (C=O) groups excluding carboxylic acids is 3. The Bertz CT molecular complexity index is 1440. The van der Waals surface area contributed by atoms with Gasteiger partial charge in [-0.25, -0.2) is 4.90 Å². The lowest BCUT2D eigenvalue weighted by atomic mass is 9.83. The van der Waals surface area contributed by atoms with Crippen LogP contribution in [-0.2, 0) is 19.1 Å². The van der Waals surface area contributed by atoms with Crippen LogP contribution in [0.1, 0.15) is 21.9 Å². The van der Waals surface area contributed by atoms with Crippen LogP contribution in [-0.4, -0.2) is 65.8 Å². The minimum atomic E-state index is -0.651. The number of aromatic nitrogens is 1. The Kier molecular flexibility index (Phi) is 6.58. The number of anilines is 1. The molecule has 3 aromatic rings. The van der Waals surface area contributed by atoms with Gasteiger partial charge in [-0.1, -0.05) is 52.9 Å². The molecule has 0 radical (unpaired) electrons. The van der Waals surface area contributed by atoms with Crippen molar-refractivity contribution in [3.8, 4) is 5.75 Å². The van der Waals surface area contributed by atoms with Crippen LogP contribution < -0.4 is 14.5 Å². The molecule has 3 aliphatic rings. The highest BCUT2D eigenvalue weighted by atomic mass is 32.2. The van der Waals surface area contributed by atoms with Crippen LogP contribution in [0.25, 0.3) is 0 Å². The van der Waals surface area contributed by atoms with Gasteiger partial charge in [0.1, 0.15) is 11.0 Å². The van der Waals surface area contributed by atoms with Crippen molar-refractivity contribution in [2.24, 2.45) is 5.92 Å². The summed E-state index contributed by atoms with van der Waals surface area (Å²) in [4.78, 5) is 58.3. The second kappa shape index (κ2) is 10.0. The quantitative estimate of drug-likeness (QED) is 0.486. The minimum Gasteiger partial charge on any atom is -0.484 e. The molecule has 3 amide bonds. The third kappa shape index (κ3) is 4.44. The van der Waals surface area contributed by atoms with Gasteiger partial charge in [-0.15, -0.1) is 0 Å². The highest BCUT2D eigenvalue weighted by Crippen LogP contribution is 2.53. The first-order valence-corrected chi connectivity index (χ1v) is 14.0. The van der Waals surface area contributed by atoms with E-state index < -0.39 is 17.1 Å². The highest BCUT2D eigenvalue weighted by Gasteiger charge is 2.56. The maximum absolute atomic E-state index is 13.8. The van der Waals surface area contributed by atoms with E-state index >= 15 is 0 Å². The molecule has 9 nitrogen and oxygen atoms in total. The second-order valence-electron chi connectivity index (χ2n) is 9.45. The van der Waals surface area contributed by atoms with Crippen molar-refractivity contribution in [3.05, 3.63) is 74.2 Å².